The standard InChI is InChI=1S/C25H32N2O3/c1-27-13-12-25(19-10-7-11-21(14-19)29-2)16-20(15-23(30-3)22(25)17-27)26-24(28)18-8-5-4-6-9-18/h4-11,14,20,22-23H,12-13,15-17H2,1-3H3,(H,26,28)/t20-,22+,23?,25+/m1/s1. The van der Waals surface area contributed by atoms with Crippen LogP contribution in [0.2, 0.25) is 0 Å². The van der Waals surface area contributed by atoms with Crippen LogP contribution < -0.4 is 10.1 Å². The molecule has 5 nitrogen and oxygen atoms in total. The molecule has 0 radical (unpaired) electrons. The molecule has 4 atom stereocenters. The van der Waals surface area contributed by atoms with Crippen LogP contribution in [0.1, 0.15) is 35.2 Å². The number of ether oxygens (including phenoxy) is 2. The van der Waals surface area contributed by atoms with E-state index in [0.29, 0.717) is 11.5 Å². The predicted octanol–water partition coefficient (Wildman–Crippen LogP) is 3.49. The summed E-state index contributed by atoms with van der Waals surface area (Å²) in [6.07, 6.45) is 2.88. The molecule has 160 valence electrons. The van der Waals surface area contributed by atoms with Crippen LogP contribution >= 0.6 is 0 Å². The highest BCUT2D eigenvalue weighted by atomic mass is 16.5. The maximum atomic E-state index is 12.9. The van der Waals surface area contributed by atoms with Gasteiger partial charge in [-0.15, -0.1) is 0 Å². The van der Waals surface area contributed by atoms with Gasteiger partial charge in [0.2, 0.25) is 0 Å². The largest absolute Gasteiger partial charge is 0.497 e. The van der Waals surface area contributed by atoms with Gasteiger partial charge < -0.3 is 19.7 Å². The monoisotopic (exact) mass is 408 g/mol. The summed E-state index contributed by atoms with van der Waals surface area (Å²) in [4.78, 5) is 15.3. The zero-order valence-electron chi connectivity index (χ0n) is 18.1. The second-order valence-electron chi connectivity index (χ2n) is 8.76. The minimum atomic E-state index is -0.0470. The van der Waals surface area contributed by atoms with Gasteiger partial charge in [0.15, 0.2) is 0 Å². The van der Waals surface area contributed by atoms with Crippen molar-refractivity contribution in [2.45, 2.75) is 36.8 Å². The maximum Gasteiger partial charge on any atom is 0.251 e. The molecule has 2 fully saturated rings. The Bertz CT molecular complexity index is 872. The molecule has 1 saturated heterocycles. The van der Waals surface area contributed by atoms with Gasteiger partial charge in [0, 0.05) is 36.6 Å². The Hall–Kier alpha value is -2.37. The number of fused-ring (bicyclic) bond motifs is 1. The van der Waals surface area contributed by atoms with Gasteiger partial charge >= 0.3 is 0 Å². The van der Waals surface area contributed by atoms with E-state index in [1.165, 1.54) is 5.56 Å². The SMILES string of the molecule is COc1cccc([C@@]23CCN(C)C[C@H]2C(OC)C[C@@H](NC(=O)c2ccccc2)C3)c1. The topological polar surface area (TPSA) is 50.8 Å². The van der Waals surface area contributed by atoms with Gasteiger partial charge in [-0.2, -0.15) is 0 Å². The normalized spacial score (nSPS) is 29.1. The second kappa shape index (κ2) is 8.78. The fourth-order valence-electron chi connectivity index (χ4n) is 5.51. The number of carbonyl (C=O) groups excluding carboxylic acids is 1. The Balaban J connectivity index is 1.67. The van der Waals surface area contributed by atoms with Crippen molar-refractivity contribution in [2.75, 3.05) is 34.4 Å². The van der Waals surface area contributed by atoms with Gasteiger partial charge in [-0.05, 0) is 62.7 Å². The quantitative estimate of drug-likeness (QED) is 0.823. The van der Waals surface area contributed by atoms with Gasteiger partial charge in [-0.25, -0.2) is 0 Å². The highest BCUT2D eigenvalue weighted by Crippen LogP contribution is 2.50. The number of likely N-dealkylation sites (tertiary alicyclic amines) is 1. The van der Waals surface area contributed by atoms with Crippen molar-refractivity contribution < 1.29 is 14.3 Å². The molecule has 2 aromatic rings. The molecule has 1 saturated carbocycles. The molecule has 2 aliphatic rings. The third-order valence-electron chi connectivity index (χ3n) is 7.05. The first-order valence-electron chi connectivity index (χ1n) is 10.8. The molecule has 2 aromatic carbocycles. The van der Waals surface area contributed by atoms with E-state index in [9.17, 15) is 4.79 Å². The van der Waals surface area contributed by atoms with Crippen LogP contribution in [0.3, 0.4) is 0 Å². The lowest BCUT2D eigenvalue weighted by Crippen LogP contribution is -2.60. The molecular formula is C25H32N2O3. The lowest BCUT2D eigenvalue weighted by molar-refractivity contribution is -0.0629. The minimum absolute atomic E-state index is 0.0115. The van der Waals surface area contributed by atoms with Crippen molar-refractivity contribution in [1.29, 1.82) is 0 Å². The average molecular weight is 409 g/mol. The number of benzene rings is 2. The summed E-state index contributed by atoms with van der Waals surface area (Å²) in [5.74, 6) is 1.24. The molecular weight excluding hydrogens is 376 g/mol. The molecule has 0 spiro atoms. The van der Waals surface area contributed by atoms with E-state index in [-0.39, 0.29) is 23.5 Å². The molecule has 0 bridgehead atoms. The first-order chi connectivity index (χ1) is 14.6. The van der Waals surface area contributed by atoms with Crippen molar-refractivity contribution in [3.05, 3.63) is 65.7 Å². The summed E-state index contributed by atoms with van der Waals surface area (Å²) in [5.41, 5.74) is 1.95. The Kier molecular flexibility index (Phi) is 6.11. The number of methoxy groups -OCH3 is 2. The van der Waals surface area contributed by atoms with Gasteiger partial charge in [-0.3, -0.25) is 4.79 Å². The van der Waals surface area contributed by atoms with E-state index in [4.69, 9.17) is 9.47 Å². The van der Waals surface area contributed by atoms with E-state index < -0.39 is 0 Å². The molecule has 0 aromatic heterocycles. The molecule has 5 heteroatoms. The predicted molar refractivity (Wildman–Crippen MR) is 118 cm³/mol. The third-order valence-corrected chi connectivity index (χ3v) is 7.05. The Morgan fingerprint density at radius 1 is 1.13 bits per heavy atom. The highest BCUT2D eigenvalue weighted by molar-refractivity contribution is 5.94. The van der Waals surface area contributed by atoms with Crippen molar-refractivity contribution in [2.24, 2.45) is 5.92 Å². The first kappa shape index (κ1) is 20.9. The molecule has 1 aliphatic carbocycles. The van der Waals surface area contributed by atoms with Crippen LogP contribution in [-0.4, -0.2) is 57.3 Å². The number of carbonyl (C=O) groups is 1. The summed E-state index contributed by atoms with van der Waals surface area (Å²) < 4.78 is 11.6. The zero-order valence-corrected chi connectivity index (χ0v) is 18.1. The fourth-order valence-corrected chi connectivity index (χ4v) is 5.51. The van der Waals surface area contributed by atoms with Crippen LogP contribution in [-0.2, 0) is 10.2 Å². The summed E-state index contributed by atoms with van der Waals surface area (Å²) in [5, 5.41) is 3.30. The van der Waals surface area contributed by atoms with Crippen molar-refractivity contribution >= 4 is 5.91 Å². The van der Waals surface area contributed by atoms with Crippen LogP contribution in [0.15, 0.2) is 54.6 Å². The fraction of sp³-hybridized carbons (Fsp3) is 0.480. The van der Waals surface area contributed by atoms with E-state index in [1.807, 2.05) is 36.4 Å². The summed E-state index contributed by atoms with van der Waals surface area (Å²) in [6.45, 7) is 2.03. The minimum Gasteiger partial charge on any atom is -0.497 e. The number of nitrogens with zero attached hydrogens (tertiary/aromatic N) is 1. The highest BCUT2D eigenvalue weighted by Gasteiger charge is 2.52. The van der Waals surface area contributed by atoms with Crippen LogP contribution in [0.4, 0.5) is 0 Å². The zero-order chi connectivity index (χ0) is 21.1. The molecule has 1 amide bonds. The molecule has 1 N–H and O–H groups in total. The number of nitrogens with one attached hydrogen (secondary N) is 1. The molecule has 1 unspecified atom stereocenters. The Labute approximate surface area is 179 Å². The maximum absolute atomic E-state index is 12.9. The van der Waals surface area contributed by atoms with Gasteiger partial charge in [0.25, 0.3) is 5.91 Å². The van der Waals surface area contributed by atoms with E-state index >= 15 is 0 Å². The summed E-state index contributed by atoms with van der Waals surface area (Å²) in [7, 11) is 5.70. The van der Waals surface area contributed by atoms with Crippen LogP contribution in [0, 0.1) is 5.92 Å². The number of piperidine rings is 1. The van der Waals surface area contributed by atoms with Crippen LogP contribution in [0.5, 0.6) is 5.75 Å². The lowest BCUT2D eigenvalue weighted by Gasteiger charge is -2.55. The number of amides is 1. The summed E-state index contributed by atoms with van der Waals surface area (Å²) >= 11 is 0. The van der Waals surface area contributed by atoms with Crippen molar-refractivity contribution in [3.63, 3.8) is 0 Å². The summed E-state index contributed by atoms with van der Waals surface area (Å²) in [6, 6.07) is 18.0. The smallest absolute Gasteiger partial charge is 0.251 e. The molecule has 1 heterocycles. The molecule has 4 rings (SSSR count). The number of hydrogen-bond donors (Lipinski definition) is 1. The van der Waals surface area contributed by atoms with Gasteiger partial charge in [0.05, 0.1) is 13.2 Å². The molecule has 1 aliphatic heterocycles. The molecule has 30 heavy (non-hydrogen) atoms. The van der Waals surface area contributed by atoms with E-state index in [2.05, 4.69) is 35.5 Å². The number of hydrogen-bond acceptors (Lipinski definition) is 4. The number of rotatable bonds is 5. The van der Waals surface area contributed by atoms with E-state index in [0.717, 1.165) is 38.1 Å². The van der Waals surface area contributed by atoms with Gasteiger partial charge in [-0.1, -0.05) is 30.3 Å². The Morgan fingerprint density at radius 3 is 2.67 bits per heavy atom. The first-order valence-corrected chi connectivity index (χ1v) is 10.8. The van der Waals surface area contributed by atoms with Crippen molar-refractivity contribution in [1.82, 2.24) is 10.2 Å². The third kappa shape index (κ3) is 3.96. The van der Waals surface area contributed by atoms with Crippen molar-refractivity contribution in [3.8, 4) is 5.75 Å². The average Bonchev–Trinajstić information content (AvgIpc) is 2.79. The Morgan fingerprint density at radius 2 is 1.93 bits per heavy atom. The second-order valence-corrected chi connectivity index (χ2v) is 8.76. The van der Waals surface area contributed by atoms with E-state index in [1.54, 1.807) is 14.2 Å². The van der Waals surface area contributed by atoms with Gasteiger partial charge in [0.1, 0.15) is 5.75 Å². The lowest BCUT2D eigenvalue weighted by atomic mass is 9.57. The van der Waals surface area contributed by atoms with Crippen LogP contribution in [0.25, 0.3) is 0 Å².